The van der Waals surface area contributed by atoms with Gasteiger partial charge < -0.3 is 20.5 Å². The highest BCUT2D eigenvalue weighted by atomic mass is 32.1. The molecule has 2 bridgehead atoms. The highest BCUT2D eigenvalue weighted by molar-refractivity contribution is 7.12. The second-order valence-electron chi connectivity index (χ2n) is 7.61. The van der Waals surface area contributed by atoms with Gasteiger partial charge in [-0.1, -0.05) is 12.1 Å². The van der Waals surface area contributed by atoms with Crippen molar-refractivity contribution in [3.63, 3.8) is 0 Å². The molecule has 3 N–H and O–H groups in total. The number of thiophene rings is 2. The minimum Gasteiger partial charge on any atom is -0.459 e. The molecule has 7 heteroatoms. The van der Waals surface area contributed by atoms with Crippen LogP contribution in [0.3, 0.4) is 0 Å². The van der Waals surface area contributed by atoms with Crippen molar-refractivity contribution >= 4 is 28.6 Å². The summed E-state index contributed by atoms with van der Waals surface area (Å²) in [6.45, 7) is 1.49. The van der Waals surface area contributed by atoms with Crippen LogP contribution in [-0.2, 0) is 15.1 Å². The Morgan fingerprint density at radius 2 is 1.96 bits per heavy atom. The fraction of sp³-hybridized carbons (Fsp3) is 0.550. The van der Waals surface area contributed by atoms with Gasteiger partial charge in [-0.05, 0) is 55.1 Å². The van der Waals surface area contributed by atoms with E-state index in [1.54, 1.807) is 12.1 Å². The first-order valence-corrected chi connectivity index (χ1v) is 11.2. The molecular weight excluding hydrogens is 380 g/mol. The van der Waals surface area contributed by atoms with E-state index in [2.05, 4.69) is 11.9 Å². The van der Waals surface area contributed by atoms with E-state index in [4.69, 9.17) is 10.5 Å². The average Bonchev–Trinajstić information content (AvgIpc) is 3.45. The largest absolute Gasteiger partial charge is 0.459 e. The molecule has 4 rings (SSSR count). The number of esters is 1. The number of ether oxygens (including phenoxy) is 1. The van der Waals surface area contributed by atoms with E-state index in [1.165, 1.54) is 29.1 Å². The zero-order chi connectivity index (χ0) is 19.0. The Morgan fingerprint density at radius 3 is 2.52 bits per heavy atom. The first-order valence-electron chi connectivity index (χ1n) is 9.47. The van der Waals surface area contributed by atoms with E-state index in [-0.39, 0.29) is 6.10 Å². The molecule has 2 aromatic heterocycles. The van der Waals surface area contributed by atoms with E-state index in [0.29, 0.717) is 34.2 Å². The molecule has 2 fully saturated rings. The summed E-state index contributed by atoms with van der Waals surface area (Å²) in [4.78, 5) is 16.7. The maximum Gasteiger partial charge on any atom is 0.349 e. The van der Waals surface area contributed by atoms with E-state index >= 15 is 0 Å². The quantitative estimate of drug-likeness (QED) is 0.692. The number of aliphatic hydroxyl groups is 1. The standard InChI is InChI=1S/C20H26N2O3S2/c1-22(9-8-21)18-13-6-7-14(18)15(12-13)25-19(23)20(24,16-4-2-10-26-16)17-5-3-11-27-17/h2-5,10-11,13-15,18,24H,6-9,12,21H2,1H3. The molecule has 2 aliphatic carbocycles. The monoisotopic (exact) mass is 406 g/mol. The van der Waals surface area contributed by atoms with Gasteiger partial charge in [0.15, 0.2) is 0 Å². The summed E-state index contributed by atoms with van der Waals surface area (Å²) >= 11 is 2.75. The van der Waals surface area contributed by atoms with Crippen molar-refractivity contribution in [2.75, 3.05) is 20.1 Å². The van der Waals surface area contributed by atoms with Crippen molar-refractivity contribution in [2.24, 2.45) is 17.6 Å². The highest BCUT2D eigenvalue weighted by Crippen LogP contribution is 2.49. The van der Waals surface area contributed by atoms with Crippen molar-refractivity contribution in [1.82, 2.24) is 4.90 Å². The predicted molar refractivity (Wildman–Crippen MR) is 108 cm³/mol. The Hall–Kier alpha value is -1.25. The predicted octanol–water partition coefficient (Wildman–Crippen LogP) is 2.65. The maximum absolute atomic E-state index is 13.2. The van der Waals surface area contributed by atoms with E-state index in [9.17, 15) is 9.90 Å². The molecule has 27 heavy (non-hydrogen) atoms. The SMILES string of the molecule is CN(CCN)C1C2CCC1C(OC(=O)C(O)(c1cccs1)c1cccs1)C2. The van der Waals surface area contributed by atoms with Gasteiger partial charge >= 0.3 is 5.97 Å². The van der Waals surface area contributed by atoms with Crippen LogP contribution < -0.4 is 5.73 Å². The van der Waals surface area contributed by atoms with E-state index in [0.717, 1.165) is 19.4 Å². The van der Waals surface area contributed by atoms with Crippen LogP contribution in [0.2, 0.25) is 0 Å². The fourth-order valence-corrected chi connectivity index (χ4v) is 6.64. The van der Waals surface area contributed by atoms with Crippen LogP contribution in [0, 0.1) is 11.8 Å². The number of nitrogens with two attached hydrogens (primary N) is 1. The third kappa shape index (κ3) is 3.25. The summed E-state index contributed by atoms with van der Waals surface area (Å²) < 4.78 is 5.98. The molecule has 0 spiro atoms. The molecule has 0 radical (unpaired) electrons. The van der Waals surface area contributed by atoms with Gasteiger partial charge in [0.05, 0.1) is 9.75 Å². The number of likely N-dealkylation sites (N-methyl/N-ethyl adjacent to an activating group) is 1. The Balaban J connectivity index is 1.55. The van der Waals surface area contributed by atoms with Crippen molar-refractivity contribution in [3.05, 3.63) is 44.8 Å². The first kappa shape index (κ1) is 19.1. The van der Waals surface area contributed by atoms with E-state index < -0.39 is 11.6 Å². The third-order valence-electron chi connectivity index (χ3n) is 6.11. The molecule has 0 saturated heterocycles. The molecule has 0 aromatic carbocycles. The first-order chi connectivity index (χ1) is 13.1. The van der Waals surface area contributed by atoms with Gasteiger partial charge in [-0.2, -0.15) is 0 Å². The molecule has 0 aliphatic heterocycles. The number of rotatable bonds is 7. The second-order valence-corrected chi connectivity index (χ2v) is 9.50. The number of fused-ring (bicyclic) bond motifs is 2. The fourth-order valence-electron chi connectivity index (χ4n) is 4.92. The van der Waals surface area contributed by atoms with Gasteiger partial charge in [0.25, 0.3) is 0 Å². The average molecular weight is 407 g/mol. The molecule has 4 unspecified atom stereocenters. The van der Waals surface area contributed by atoms with E-state index in [1.807, 2.05) is 22.9 Å². The van der Waals surface area contributed by atoms with Crippen LogP contribution >= 0.6 is 22.7 Å². The number of nitrogens with zero attached hydrogens (tertiary/aromatic N) is 1. The normalized spacial score (nSPS) is 27.4. The summed E-state index contributed by atoms with van der Waals surface area (Å²) in [5.41, 5.74) is 4.01. The second kappa shape index (κ2) is 7.64. The molecule has 2 aromatic rings. The minimum absolute atomic E-state index is 0.132. The van der Waals surface area contributed by atoms with Gasteiger partial charge in [0.1, 0.15) is 6.10 Å². The summed E-state index contributed by atoms with van der Waals surface area (Å²) in [6.07, 6.45) is 2.99. The van der Waals surface area contributed by atoms with Crippen LogP contribution in [0.5, 0.6) is 0 Å². The lowest BCUT2D eigenvalue weighted by atomic mass is 9.96. The topological polar surface area (TPSA) is 75.8 Å². The molecule has 2 heterocycles. The van der Waals surface area contributed by atoms with Gasteiger partial charge in [0, 0.05) is 25.0 Å². The van der Waals surface area contributed by atoms with Crippen molar-refractivity contribution in [3.8, 4) is 0 Å². The van der Waals surface area contributed by atoms with Crippen LogP contribution in [0.4, 0.5) is 0 Å². The van der Waals surface area contributed by atoms with Gasteiger partial charge in [-0.25, -0.2) is 4.79 Å². The Bertz CT molecular complexity index is 728. The van der Waals surface area contributed by atoms with Crippen molar-refractivity contribution in [1.29, 1.82) is 0 Å². The van der Waals surface area contributed by atoms with Crippen LogP contribution in [0.15, 0.2) is 35.0 Å². The molecule has 4 atom stereocenters. The van der Waals surface area contributed by atoms with Gasteiger partial charge in [0.2, 0.25) is 5.60 Å². The smallest absolute Gasteiger partial charge is 0.349 e. The lowest BCUT2D eigenvalue weighted by Crippen LogP contribution is -2.42. The highest BCUT2D eigenvalue weighted by Gasteiger charge is 2.53. The number of hydrogen-bond acceptors (Lipinski definition) is 7. The zero-order valence-corrected chi connectivity index (χ0v) is 17.0. The lowest BCUT2D eigenvalue weighted by molar-refractivity contribution is -0.170. The number of hydrogen-bond donors (Lipinski definition) is 2. The van der Waals surface area contributed by atoms with Crippen LogP contribution in [-0.4, -0.2) is 48.3 Å². The third-order valence-corrected chi connectivity index (χ3v) is 8.06. The molecule has 5 nitrogen and oxygen atoms in total. The molecular formula is C20H26N2O3S2. The molecule has 2 saturated carbocycles. The molecule has 0 amide bonds. The summed E-state index contributed by atoms with van der Waals surface area (Å²) in [7, 11) is 2.11. The summed E-state index contributed by atoms with van der Waals surface area (Å²) in [5, 5.41) is 15.2. The summed E-state index contributed by atoms with van der Waals surface area (Å²) in [5.74, 6) is 0.317. The Kier molecular flexibility index (Phi) is 5.40. The molecule has 146 valence electrons. The van der Waals surface area contributed by atoms with Gasteiger partial charge in [-0.15, -0.1) is 22.7 Å². The Morgan fingerprint density at radius 1 is 1.30 bits per heavy atom. The maximum atomic E-state index is 13.2. The minimum atomic E-state index is -1.72. The summed E-state index contributed by atoms with van der Waals surface area (Å²) in [6, 6.07) is 7.71. The zero-order valence-electron chi connectivity index (χ0n) is 15.4. The van der Waals surface area contributed by atoms with Gasteiger partial charge in [-0.3, -0.25) is 0 Å². The van der Waals surface area contributed by atoms with Crippen LogP contribution in [0.1, 0.15) is 29.0 Å². The lowest BCUT2D eigenvalue weighted by Gasteiger charge is -2.30. The van der Waals surface area contributed by atoms with Crippen molar-refractivity contribution < 1.29 is 14.6 Å². The van der Waals surface area contributed by atoms with Crippen LogP contribution in [0.25, 0.3) is 0 Å². The van der Waals surface area contributed by atoms with Crippen molar-refractivity contribution in [2.45, 2.75) is 37.0 Å². The number of carbonyl (C=O) groups is 1. The number of carbonyl (C=O) groups excluding carboxylic acids is 1. The molecule has 2 aliphatic rings. The Labute approximate surface area is 167 Å².